The second kappa shape index (κ2) is 5.75. The van der Waals surface area contributed by atoms with E-state index in [-0.39, 0.29) is 17.4 Å². The van der Waals surface area contributed by atoms with Crippen molar-refractivity contribution in [2.24, 2.45) is 0 Å². The van der Waals surface area contributed by atoms with Crippen molar-refractivity contribution in [3.8, 4) is 0 Å². The summed E-state index contributed by atoms with van der Waals surface area (Å²) in [7, 11) is 0. The highest BCUT2D eigenvalue weighted by atomic mass is 16.5. The van der Waals surface area contributed by atoms with E-state index in [0.717, 1.165) is 12.8 Å². The molecular formula is C15H23N3O3. The van der Waals surface area contributed by atoms with Crippen LogP contribution in [0.1, 0.15) is 68.1 Å². The molecule has 3 rings (SSSR count). The summed E-state index contributed by atoms with van der Waals surface area (Å²) in [4.78, 5) is 11.1. The third kappa shape index (κ3) is 2.81. The number of carbonyl (C=O) groups is 1. The Morgan fingerprint density at radius 2 is 2.14 bits per heavy atom. The maximum atomic E-state index is 11.1. The van der Waals surface area contributed by atoms with E-state index in [2.05, 4.69) is 10.3 Å². The van der Waals surface area contributed by atoms with Crippen LogP contribution in [0.5, 0.6) is 0 Å². The summed E-state index contributed by atoms with van der Waals surface area (Å²) in [6.07, 6.45) is 9.10. The van der Waals surface area contributed by atoms with Gasteiger partial charge in [0.05, 0.1) is 23.9 Å². The fraction of sp³-hybridized carbons (Fsp3) is 0.800. The molecular weight excluding hydrogens is 270 g/mol. The van der Waals surface area contributed by atoms with Crippen molar-refractivity contribution in [1.82, 2.24) is 15.0 Å². The molecule has 0 amide bonds. The summed E-state index contributed by atoms with van der Waals surface area (Å²) in [5.41, 5.74) is 0.851. The van der Waals surface area contributed by atoms with Crippen molar-refractivity contribution < 1.29 is 14.6 Å². The molecule has 0 bridgehead atoms. The number of carboxylic acid groups (broad SMARTS) is 1. The molecule has 1 atom stereocenters. The van der Waals surface area contributed by atoms with Gasteiger partial charge in [0.1, 0.15) is 0 Å². The predicted octanol–water partition coefficient (Wildman–Crippen LogP) is 2.42. The smallest absolute Gasteiger partial charge is 0.358 e. The van der Waals surface area contributed by atoms with Gasteiger partial charge < -0.3 is 9.84 Å². The summed E-state index contributed by atoms with van der Waals surface area (Å²) in [5, 5.41) is 16.9. The molecule has 0 radical (unpaired) electrons. The van der Waals surface area contributed by atoms with Gasteiger partial charge in [0.2, 0.25) is 0 Å². The quantitative estimate of drug-likeness (QED) is 0.922. The molecule has 6 nitrogen and oxygen atoms in total. The monoisotopic (exact) mass is 293 g/mol. The Morgan fingerprint density at radius 3 is 2.81 bits per heavy atom. The number of rotatable bonds is 4. The number of hydrogen-bond donors (Lipinski definition) is 1. The normalized spacial score (nSPS) is 24.5. The van der Waals surface area contributed by atoms with Gasteiger partial charge in [-0.05, 0) is 32.1 Å². The van der Waals surface area contributed by atoms with E-state index in [9.17, 15) is 4.79 Å². The molecule has 1 unspecified atom stereocenters. The van der Waals surface area contributed by atoms with Gasteiger partial charge in [-0.15, -0.1) is 5.10 Å². The van der Waals surface area contributed by atoms with Crippen molar-refractivity contribution in [2.75, 3.05) is 0 Å². The molecule has 2 aliphatic rings. The maximum absolute atomic E-state index is 11.1. The SMILES string of the molecule is CCc1c(C(=O)O)nnn1CC1CCC2(CCCCC2)O1. The number of carboxylic acids is 1. The second-order valence-electron chi connectivity index (χ2n) is 6.25. The average molecular weight is 293 g/mol. The highest BCUT2D eigenvalue weighted by Crippen LogP contribution is 2.42. The number of hydrogen-bond acceptors (Lipinski definition) is 4. The van der Waals surface area contributed by atoms with Crippen molar-refractivity contribution in [3.05, 3.63) is 11.4 Å². The van der Waals surface area contributed by atoms with Crippen LogP contribution in [0.3, 0.4) is 0 Å². The van der Waals surface area contributed by atoms with E-state index >= 15 is 0 Å². The van der Waals surface area contributed by atoms with Gasteiger partial charge >= 0.3 is 5.97 Å². The Hall–Kier alpha value is -1.43. The molecule has 1 saturated heterocycles. The van der Waals surface area contributed by atoms with E-state index in [0.29, 0.717) is 18.7 Å². The molecule has 1 aromatic rings. The minimum absolute atomic E-state index is 0.0721. The maximum Gasteiger partial charge on any atom is 0.358 e. The average Bonchev–Trinajstić information content (AvgIpc) is 3.05. The van der Waals surface area contributed by atoms with Crippen molar-refractivity contribution in [1.29, 1.82) is 0 Å². The Kier molecular flexibility index (Phi) is 3.97. The number of nitrogens with zero attached hydrogens (tertiary/aromatic N) is 3. The van der Waals surface area contributed by atoms with Crippen molar-refractivity contribution in [3.63, 3.8) is 0 Å². The molecule has 1 spiro atoms. The van der Waals surface area contributed by atoms with E-state index in [1.165, 1.54) is 32.1 Å². The molecule has 116 valence electrons. The van der Waals surface area contributed by atoms with Crippen LogP contribution in [0.15, 0.2) is 0 Å². The molecule has 21 heavy (non-hydrogen) atoms. The zero-order valence-corrected chi connectivity index (χ0v) is 12.5. The van der Waals surface area contributed by atoms with Crippen LogP contribution in [0.25, 0.3) is 0 Å². The lowest BCUT2D eigenvalue weighted by molar-refractivity contribution is -0.0691. The van der Waals surface area contributed by atoms with Gasteiger partial charge in [-0.3, -0.25) is 0 Å². The minimum Gasteiger partial charge on any atom is -0.476 e. The van der Waals surface area contributed by atoms with Crippen LogP contribution in [0, 0.1) is 0 Å². The summed E-state index contributed by atoms with van der Waals surface area (Å²) in [6.45, 7) is 2.55. The van der Waals surface area contributed by atoms with Gasteiger partial charge in [0.25, 0.3) is 0 Å². The first kappa shape index (κ1) is 14.5. The van der Waals surface area contributed by atoms with Crippen molar-refractivity contribution in [2.45, 2.75) is 76.5 Å². The molecule has 1 aliphatic heterocycles. The molecule has 6 heteroatoms. The summed E-state index contributed by atoms with van der Waals surface area (Å²) >= 11 is 0. The fourth-order valence-corrected chi connectivity index (χ4v) is 3.78. The lowest BCUT2D eigenvalue weighted by Crippen LogP contribution is -2.32. The second-order valence-corrected chi connectivity index (χ2v) is 6.25. The van der Waals surface area contributed by atoms with Crippen LogP contribution >= 0.6 is 0 Å². The molecule has 1 N–H and O–H groups in total. The minimum atomic E-state index is -1.01. The van der Waals surface area contributed by atoms with Crippen LogP contribution in [0.2, 0.25) is 0 Å². The first-order valence-corrected chi connectivity index (χ1v) is 7.97. The van der Waals surface area contributed by atoms with E-state index in [1.54, 1.807) is 4.68 Å². The van der Waals surface area contributed by atoms with E-state index in [4.69, 9.17) is 9.84 Å². The third-order valence-corrected chi connectivity index (χ3v) is 4.86. The largest absolute Gasteiger partial charge is 0.476 e. The van der Waals surface area contributed by atoms with Gasteiger partial charge in [-0.25, -0.2) is 9.48 Å². The summed E-state index contributed by atoms with van der Waals surface area (Å²) in [6, 6.07) is 0. The molecule has 0 aromatic carbocycles. The lowest BCUT2D eigenvalue weighted by atomic mass is 9.83. The van der Waals surface area contributed by atoms with Gasteiger partial charge in [-0.2, -0.15) is 0 Å². The first-order chi connectivity index (χ1) is 10.1. The molecule has 1 aliphatic carbocycles. The van der Waals surface area contributed by atoms with Gasteiger partial charge in [-0.1, -0.05) is 31.4 Å². The zero-order chi connectivity index (χ0) is 14.9. The zero-order valence-electron chi connectivity index (χ0n) is 12.5. The highest BCUT2D eigenvalue weighted by molar-refractivity contribution is 5.86. The van der Waals surface area contributed by atoms with Gasteiger partial charge in [0.15, 0.2) is 5.69 Å². The Bertz CT molecular complexity index is 520. The summed E-state index contributed by atoms with van der Waals surface area (Å²) in [5.74, 6) is -1.01. The van der Waals surface area contributed by atoms with Crippen LogP contribution in [0.4, 0.5) is 0 Å². The fourth-order valence-electron chi connectivity index (χ4n) is 3.78. The standard InChI is InChI=1S/C15H23N3O3/c1-2-12-13(14(19)20)16-17-18(12)10-11-6-9-15(21-11)7-4-3-5-8-15/h11H,2-10H2,1H3,(H,19,20). The molecule has 2 fully saturated rings. The number of ether oxygens (including phenoxy) is 1. The lowest BCUT2D eigenvalue weighted by Gasteiger charge is -2.33. The Labute approximate surface area is 124 Å². The van der Waals surface area contributed by atoms with Crippen LogP contribution in [-0.2, 0) is 17.7 Å². The Balaban J connectivity index is 1.69. The van der Waals surface area contributed by atoms with Gasteiger partial charge in [0, 0.05) is 0 Å². The topological polar surface area (TPSA) is 77.2 Å². The van der Waals surface area contributed by atoms with Crippen molar-refractivity contribution >= 4 is 5.97 Å². The van der Waals surface area contributed by atoms with E-state index in [1.807, 2.05) is 6.92 Å². The predicted molar refractivity (Wildman–Crippen MR) is 76.3 cm³/mol. The number of aromatic nitrogens is 3. The van der Waals surface area contributed by atoms with Crippen LogP contribution in [-0.4, -0.2) is 37.8 Å². The first-order valence-electron chi connectivity index (χ1n) is 7.97. The Morgan fingerprint density at radius 1 is 1.38 bits per heavy atom. The van der Waals surface area contributed by atoms with Crippen LogP contribution < -0.4 is 0 Å². The van der Waals surface area contributed by atoms with E-state index < -0.39 is 5.97 Å². The highest BCUT2D eigenvalue weighted by Gasteiger charge is 2.41. The molecule has 1 saturated carbocycles. The number of aromatic carboxylic acids is 1. The molecule has 1 aromatic heterocycles. The molecule has 2 heterocycles. The third-order valence-electron chi connectivity index (χ3n) is 4.86. The summed E-state index contributed by atoms with van der Waals surface area (Å²) < 4.78 is 8.05.